The van der Waals surface area contributed by atoms with Crippen molar-refractivity contribution >= 4 is 5.82 Å². The zero-order valence-electron chi connectivity index (χ0n) is 11.1. The molecule has 3 rings (SSSR count). The van der Waals surface area contributed by atoms with Crippen LogP contribution in [-0.4, -0.2) is 41.1 Å². The van der Waals surface area contributed by atoms with E-state index in [0.29, 0.717) is 5.56 Å². The van der Waals surface area contributed by atoms with E-state index < -0.39 is 11.9 Å². The van der Waals surface area contributed by atoms with Gasteiger partial charge < -0.3 is 15.2 Å². The zero-order valence-corrected chi connectivity index (χ0v) is 11.1. The molecule has 0 unspecified atom stereocenters. The maximum Gasteiger partial charge on any atom is 0.432 e. The summed E-state index contributed by atoms with van der Waals surface area (Å²) in [5.41, 5.74) is -0.326. The molecule has 1 aliphatic heterocycles. The highest BCUT2D eigenvalue weighted by molar-refractivity contribution is 5.57. The number of anilines is 1. The highest BCUT2D eigenvalue weighted by Crippen LogP contribution is 2.29. The monoisotopic (exact) mass is 297 g/mol. The van der Waals surface area contributed by atoms with E-state index in [9.17, 15) is 13.2 Å². The molecule has 21 heavy (non-hydrogen) atoms. The molecule has 1 aliphatic rings. The van der Waals surface area contributed by atoms with Crippen LogP contribution < -0.4 is 10.2 Å². The number of piperazine rings is 1. The Balaban J connectivity index is 1.79. The van der Waals surface area contributed by atoms with Crippen LogP contribution in [0.1, 0.15) is 5.69 Å². The summed E-state index contributed by atoms with van der Waals surface area (Å²) in [4.78, 5) is 12.5. The predicted octanol–water partition coefficient (Wildman–Crippen LogP) is 1.90. The maximum atomic E-state index is 12.5. The Labute approximate surface area is 119 Å². The first kappa shape index (κ1) is 13.9. The number of rotatable bonds is 2. The van der Waals surface area contributed by atoms with Crippen LogP contribution >= 0.6 is 0 Å². The van der Waals surface area contributed by atoms with E-state index in [2.05, 4.69) is 25.2 Å². The Bertz CT molecular complexity index is 599. The average Bonchev–Trinajstić information content (AvgIpc) is 2.98. The summed E-state index contributed by atoms with van der Waals surface area (Å²) in [6, 6.07) is 3.53. The van der Waals surface area contributed by atoms with Crippen molar-refractivity contribution in [2.75, 3.05) is 31.1 Å². The number of aromatic amines is 1. The van der Waals surface area contributed by atoms with Crippen molar-refractivity contribution in [3.8, 4) is 11.4 Å². The molecule has 0 amide bonds. The predicted molar refractivity (Wildman–Crippen MR) is 71.9 cm³/mol. The fourth-order valence-corrected chi connectivity index (χ4v) is 2.22. The third kappa shape index (κ3) is 2.99. The van der Waals surface area contributed by atoms with E-state index >= 15 is 0 Å². The number of H-pyrrole nitrogens is 1. The van der Waals surface area contributed by atoms with Gasteiger partial charge >= 0.3 is 6.18 Å². The lowest BCUT2D eigenvalue weighted by Gasteiger charge is -2.28. The Hall–Kier alpha value is -2.09. The topological polar surface area (TPSA) is 56.8 Å². The summed E-state index contributed by atoms with van der Waals surface area (Å²) < 4.78 is 37.6. The summed E-state index contributed by atoms with van der Waals surface area (Å²) in [5.74, 6) is 0.990. The van der Waals surface area contributed by atoms with Gasteiger partial charge in [0.1, 0.15) is 17.3 Å². The van der Waals surface area contributed by atoms with Gasteiger partial charge in [0.2, 0.25) is 0 Å². The Morgan fingerprint density at radius 2 is 1.81 bits per heavy atom. The van der Waals surface area contributed by atoms with E-state index in [0.717, 1.165) is 38.2 Å². The minimum Gasteiger partial charge on any atom is -0.354 e. The molecule has 0 aliphatic carbocycles. The standard InChI is InChI=1S/C13H14F3N5/c14-13(15,16)10-8-19-12(20-10)9-1-2-11(18-7-9)21-5-3-17-4-6-21/h1-2,7-8,17H,3-6H2,(H,19,20). The molecule has 112 valence electrons. The second-order valence-corrected chi connectivity index (χ2v) is 4.79. The van der Waals surface area contributed by atoms with Crippen LogP contribution in [0.5, 0.6) is 0 Å². The van der Waals surface area contributed by atoms with E-state index in [4.69, 9.17) is 0 Å². The molecule has 3 heterocycles. The zero-order chi connectivity index (χ0) is 14.9. The minimum absolute atomic E-state index is 0.168. The van der Waals surface area contributed by atoms with Crippen LogP contribution in [-0.2, 0) is 6.18 Å². The van der Waals surface area contributed by atoms with E-state index in [1.165, 1.54) is 6.20 Å². The van der Waals surface area contributed by atoms with Crippen molar-refractivity contribution in [2.45, 2.75) is 6.18 Å². The largest absolute Gasteiger partial charge is 0.432 e. The lowest BCUT2D eigenvalue weighted by atomic mass is 10.2. The van der Waals surface area contributed by atoms with E-state index in [-0.39, 0.29) is 5.82 Å². The second-order valence-electron chi connectivity index (χ2n) is 4.79. The normalized spacial score (nSPS) is 16.2. The smallest absolute Gasteiger partial charge is 0.354 e. The summed E-state index contributed by atoms with van der Waals surface area (Å²) in [6.45, 7) is 3.53. The second kappa shape index (κ2) is 5.36. The average molecular weight is 297 g/mol. The first-order valence-electron chi connectivity index (χ1n) is 6.58. The van der Waals surface area contributed by atoms with Crippen molar-refractivity contribution in [2.24, 2.45) is 0 Å². The number of nitrogens with one attached hydrogen (secondary N) is 2. The summed E-state index contributed by atoms with van der Waals surface area (Å²) >= 11 is 0. The van der Waals surface area contributed by atoms with Crippen LogP contribution in [0, 0.1) is 0 Å². The highest BCUT2D eigenvalue weighted by Gasteiger charge is 2.33. The molecule has 8 heteroatoms. The van der Waals surface area contributed by atoms with Gasteiger partial charge in [0.25, 0.3) is 0 Å². The molecule has 5 nitrogen and oxygen atoms in total. The SMILES string of the molecule is FC(F)(F)c1cnc(-c2ccc(N3CCNCC3)nc2)[nH]1. The minimum atomic E-state index is -4.42. The molecule has 2 aromatic rings. The molecule has 0 saturated carbocycles. The summed E-state index contributed by atoms with van der Waals surface area (Å²) in [7, 11) is 0. The van der Waals surface area contributed by atoms with Crippen LogP contribution in [0.15, 0.2) is 24.5 Å². The van der Waals surface area contributed by atoms with Crippen LogP contribution in [0.2, 0.25) is 0 Å². The number of hydrogen-bond donors (Lipinski definition) is 2. The van der Waals surface area contributed by atoms with Crippen molar-refractivity contribution in [3.63, 3.8) is 0 Å². The molecule has 0 spiro atoms. The number of halogens is 3. The first-order valence-corrected chi connectivity index (χ1v) is 6.58. The molecule has 0 aromatic carbocycles. The van der Waals surface area contributed by atoms with Gasteiger partial charge in [-0.05, 0) is 12.1 Å². The number of aromatic nitrogens is 3. The Morgan fingerprint density at radius 1 is 1.05 bits per heavy atom. The fourth-order valence-electron chi connectivity index (χ4n) is 2.22. The summed E-state index contributed by atoms with van der Waals surface area (Å²) in [6.07, 6.45) is -2.09. The Kier molecular flexibility index (Phi) is 3.54. The van der Waals surface area contributed by atoms with Gasteiger partial charge in [-0.3, -0.25) is 0 Å². The van der Waals surface area contributed by atoms with Gasteiger partial charge in [-0.2, -0.15) is 13.2 Å². The third-order valence-electron chi connectivity index (χ3n) is 3.34. The van der Waals surface area contributed by atoms with E-state index in [1.807, 2.05) is 0 Å². The van der Waals surface area contributed by atoms with Gasteiger partial charge in [-0.1, -0.05) is 0 Å². The third-order valence-corrected chi connectivity index (χ3v) is 3.34. The van der Waals surface area contributed by atoms with Crippen LogP contribution in [0.25, 0.3) is 11.4 Å². The van der Waals surface area contributed by atoms with Crippen molar-refractivity contribution in [1.29, 1.82) is 0 Å². The van der Waals surface area contributed by atoms with Crippen molar-refractivity contribution < 1.29 is 13.2 Å². The van der Waals surface area contributed by atoms with Crippen molar-refractivity contribution in [1.82, 2.24) is 20.3 Å². The summed E-state index contributed by atoms with van der Waals surface area (Å²) in [5, 5.41) is 3.25. The number of hydrogen-bond acceptors (Lipinski definition) is 4. The number of nitrogens with zero attached hydrogens (tertiary/aromatic N) is 3. The molecule has 2 N–H and O–H groups in total. The maximum absolute atomic E-state index is 12.5. The molecular weight excluding hydrogens is 283 g/mol. The van der Waals surface area contributed by atoms with Crippen molar-refractivity contribution in [3.05, 3.63) is 30.2 Å². The molecule has 0 bridgehead atoms. The van der Waals surface area contributed by atoms with Crippen LogP contribution in [0.3, 0.4) is 0 Å². The number of imidazole rings is 1. The Morgan fingerprint density at radius 3 is 2.38 bits per heavy atom. The molecular formula is C13H14F3N5. The van der Waals surface area contributed by atoms with E-state index in [1.54, 1.807) is 12.1 Å². The first-order chi connectivity index (χ1) is 10.0. The van der Waals surface area contributed by atoms with Gasteiger partial charge in [0.15, 0.2) is 0 Å². The van der Waals surface area contributed by atoms with Gasteiger partial charge in [0.05, 0.1) is 6.20 Å². The number of alkyl halides is 3. The number of pyridine rings is 1. The quantitative estimate of drug-likeness (QED) is 0.889. The highest BCUT2D eigenvalue weighted by atomic mass is 19.4. The lowest BCUT2D eigenvalue weighted by Crippen LogP contribution is -2.43. The molecule has 2 aromatic heterocycles. The van der Waals surface area contributed by atoms with Gasteiger partial charge in [-0.15, -0.1) is 0 Å². The molecule has 0 atom stereocenters. The molecule has 1 saturated heterocycles. The van der Waals surface area contributed by atoms with Gasteiger partial charge in [0, 0.05) is 37.9 Å². The van der Waals surface area contributed by atoms with Gasteiger partial charge in [-0.25, -0.2) is 9.97 Å². The fraction of sp³-hybridized carbons (Fsp3) is 0.385. The lowest BCUT2D eigenvalue weighted by molar-refractivity contribution is -0.140. The molecule has 1 fully saturated rings. The molecule has 0 radical (unpaired) electrons. The van der Waals surface area contributed by atoms with Crippen LogP contribution in [0.4, 0.5) is 19.0 Å².